The lowest BCUT2D eigenvalue weighted by molar-refractivity contribution is 0.00853. The summed E-state index contributed by atoms with van der Waals surface area (Å²) < 4.78 is 21.8. The predicted molar refractivity (Wildman–Crippen MR) is 111 cm³/mol. The zero-order valence-corrected chi connectivity index (χ0v) is 18.4. The monoisotopic (exact) mass is 388 g/mol. The van der Waals surface area contributed by atoms with E-state index >= 15 is 4.39 Å². The number of thiol groups is 1. The van der Waals surface area contributed by atoms with Crippen molar-refractivity contribution in [3.05, 3.63) is 0 Å². The van der Waals surface area contributed by atoms with Crippen LogP contribution < -0.4 is 0 Å². The van der Waals surface area contributed by atoms with Gasteiger partial charge in [0, 0.05) is 19.0 Å². The Labute approximate surface area is 163 Å². The van der Waals surface area contributed by atoms with Crippen molar-refractivity contribution in [3.8, 4) is 0 Å². The second-order valence-electron chi connectivity index (χ2n) is 9.74. The maximum absolute atomic E-state index is 16.5. The van der Waals surface area contributed by atoms with Gasteiger partial charge in [-0.3, -0.25) is 0 Å². The van der Waals surface area contributed by atoms with Gasteiger partial charge in [0.05, 0.1) is 6.10 Å². The molecule has 0 aromatic carbocycles. The number of ether oxygens (including phenoxy) is 1. The predicted octanol–water partition coefficient (Wildman–Crippen LogP) is 5.13. The molecule has 2 nitrogen and oxygen atoms in total. The van der Waals surface area contributed by atoms with Gasteiger partial charge in [-0.15, -0.1) is 0 Å². The van der Waals surface area contributed by atoms with Crippen LogP contribution in [0.1, 0.15) is 72.6 Å². The summed E-state index contributed by atoms with van der Waals surface area (Å²) in [5.41, 5.74) is -0.757. The molecule has 0 amide bonds. The van der Waals surface area contributed by atoms with Crippen molar-refractivity contribution in [1.29, 1.82) is 0 Å². The molecule has 2 saturated heterocycles. The van der Waals surface area contributed by atoms with Crippen LogP contribution in [0.4, 0.5) is 4.39 Å². The molecule has 3 aliphatic rings. The smallest absolute Gasteiger partial charge is 0.124 e. The van der Waals surface area contributed by atoms with Crippen molar-refractivity contribution in [2.24, 2.45) is 23.2 Å². The van der Waals surface area contributed by atoms with Crippen molar-refractivity contribution in [2.45, 2.75) is 94.9 Å². The Morgan fingerprint density at radius 1 is 1.31 bits per heavy atom. The van der Waals surface area contributed by atoms with Gasteiger partial charge in [0.25, 0.3) is 0 Å². The molecule has 3 fully saturated rings. The van der Waals surface area contributed by atoms with Crippen LogP contribution in [0.15, 0.2) is 0 Å². The summed E-state index contributed by atoms with van der Waals surface area (Å²) >= 11 is 0. The van der Waals surface area contributed by atoms with Gasteiger partial charge >= 0.3 is 0 Å². The summed E-state index contributed by atoms with van der Waals surface area (Å²) in [6.45, 7) is 9.55. The molecule has 3 rings (SSSR count). The molecule has 0 aromatic rings. The minimum Gasteiger partial charge on any atom is -0.393 e. The summed E-state index contributed by atoms with van der Waals surface area (Å²) in [6, 6.07) is 0. The molecule has 0 radical (unpaired) electrons. The quantitative estimate of drug-likeness (QED) is 0.618. The lowest BCUT2D eigenvalue weighted by Gasteiger charge is -2.59. The van der Waals surface area contributed by atoms with Gasteiger partial charge in [-0.2, -0.15) is 0 Å². The van der Waals surface area contributed by atoms with E-state index in [1.165, 1.54) is 12.2 Å². The first kappa shape index (κ1) is 20.9. The molecule has 4 heteroatoms. The highest BCUT2D eigenvalue weighted by Gasteiger charge is 2.61. The minimum absolute atomic E-state index is 0.182. The van der Waals surface area contributed by atoms with Crippen molar-refractivity contribution in [1.82, 2.24) is 0 Å². The molecule has 1 aliphatic carbocycles. The minimum atomic E-state index is -0.981. The third-order valence-electron chi connectivity index (χ3n) is 8.28. The maximum Gasteiger partial charge on any atom is 0.124 e. The number of aliphatic hydroxyl groups excluding tert-OH is 1. The van der Waals surface area contributed by atoms with Gasteiger partial charge in [0.15, 0.2) is 0 Å². The number of methoxy groups -OCH3 is 1. The molecule has 2 aliphatic heterocycles. The summed E-state index contributed by atoms with van der Waals surface area (Å²) in [5.74, 6) is 2.38. The molecule has 9 atom stereocenters. The Morgan fingerprint density at radius 3 is 2.65 bits per heavy atom. The zero-order valence-electron chi connectivity index (χ0n) is 17.5. The number of aliphatic hydroxyl groups is 1. The lowest BCUT2D eigenvalue weighted by atomic mass is 9.69. The van der Waals surface area contributed by atoms with Crippen LogP contribution in [0.3, 0.4) is 0 Å². The van der Waals surface area contributed by atoms with Crippen molar-refractivity contribution < 1.29 is 14.2 Å². The molecular formula is C22H41FO2S. The third kappa shape index (κ3) is 3.26. The Morgan fingerprint density at radius 2 is 2.04 bits per heavy atom. The van der Waals surface area contributed by atoms with Crippen LogP contribution in [0.2, 0.25) is 0 Å². The normalized spacial score (nSPS) is 50.9. The van der Waals surface area contributed by atoms with E-state index in [0.717, 1.165) is 38.5 Å². The lowest BCUT2D eigenvalue weighted by Crippen LogP contribution is -2.55. The number of fused-ring (bicyclic) bond motifs is 3. The summed E-state index contributed by atoms with van der Waals surface area (Å²) in [4.78, 5) is 0. The SMILES string of the molecule is CCC[C@]1(F)C2CC[C@]3(C)C(C(C)O)C(C)CC3[SH]2CC[C@@H]1CCOC. The first-order chi connectivity index (χ1) is 12.3. The van der Waals surface area contributed by atoms with Crippen LogP contribution in [0.25, 0.3) is 0 Å². The molecule has 2 heterocycles. The Hall–Kier alpha value is 0.200. The van der Waals surface area contributed by atoms with Crippen molar-refractivity contribution in [2.75, 3.05) is 19.5 Å². The fraction of sp³-hybridized carbons (Fsp3) is 1.00. The highest BCUT2D eigenvalue weighted by atomic mass is 32.2. The van der Waals surface area contributed by atoms with E-state index in [-0.39, 0.29) is 33.6 Å². The summed E-state index contributed by atoms with van der Waals surface area (Å²) in [6.07, 6.45) is 6.69. The van der Waals surface area contributed by atoms with Gasteiger partial charge in [-0.1, -0.05) is 27.2 Å². The maximum atomic E-state index is 16.5. The standard InChI is InChI=1S/C22H41FO2S/c1-6-10-22(23)17(8-12-25-5)9-13-26-18(22)7-11-21(4)19(26)14-15(2)20(21)16(3)24/h15-20,24,26H,6-14H2,1-5H3/t15?,16?,17-,18?,19?,20?,21-,22+/m0/s1. The van der Waals surface area contributed by atoms with Crippen LogP contribution >= 0.6 is 10.9 Å². The van der Waals surface area contributed by atoms with Crippen LogP contribution in [0, 0.1) is 23.2 Å². The van der Waals surface area contributed by atoms with Crippen LogP contribution in [-0.2, 0) is 4.74 Å². The molecule has 0 bridgehead atoms. The van der Waals surface area contributed by atoms with Gasteiger partial charge in [0.2, 0.25) is 0 Å². The van der Waals surface area contributed by atoms with Gasteiger partial charge in [-0.05, 0) is 79.6 Å². The van der Waals surface area contributed by atoms with E-state index in [2.05, 4.69) is 20.8 Å². The fourth-order valence-corrected chi connectivity index (χ4v) is 12.1. The van der Waals surface area contributed by atoms with Crippen LogP contribution in [0.5, 0.6) is 0 Å². The molecule has 6 unspecified atom stereocenters. The average molecular weight is 389 g/mol. The van der Waals surface area contributed by atoms with E-state index in [1.54, 1.807) is 7.11 Å². The molecule has 0 spiro atoms. The van der Waals surface area contributed by atoms with Crippen molar-refractivity contribution in [3.63, 3.8) is 0 Å². The number of halogens is 1. The first-order valence-corrected chi connectivity index (χ1v) is 12.6. The molecule has 1 saturated carbocycles. The second kappa shape index (κ2) is 7.91. The van der Waals surface area contributed by atoms with E-state index in [1.807, 2.05) is 6.92 Å². The van der Waals surface area contributed by atoms with E-state index in [4.69, 9.17) is 4.74 Å². The van der Waals surface area contributed by atoms with Gasteiger partial charge < -0.3 is 9.84 Å². The third-order valence-corrected chi connectivity index (χ3v) is 12.1. The van der Waals surface area contributed by atoms with E-state index < -0.39 is 5.67 Å². The van der Waals surface area contributed by atoms with Crippen LogP contribution in [-0.4, -0.2) is 46.8 Å². The van der Waals surface area contributed by atoms with Gasteiger partial charge in [0.1, 0.15) is 5.67 Å². The highest BCUT2D eigenvalue weighted by molar-refractivity contribution is 8.18. The Balaban J connectivity index is 1.87. The number of alkyl halides is 1. The summed E-state index contributed by atoms with van der Waals surface area (Å²) in [7, 11) is 1.45. The zero-order chi connectivity index (χ0) is 19.1. The molecule has 1 N–H and O–H groups in total. The molecule has 26 heavy (non-hydrogen) atoms. The number of hydrogen-bond donors (Lipinski definition) is 2. The largest absolute Gasteiger partial charge is 0.393 e. The topological polar surface area (TPSA) is 29.5 Å². The van der Waals surface area contributed by atoms with Crippen molar-refractivity contribution >= 4 is 10.9 Å². The highest BCUT2D eigenvalue weighted by Crippen LogP contribution is 2.69. The first-order valence-electron chi connectivity index (χ1n) is 10.9. The molecule has 154 valence electrons. The van der Waals surface area contributed by atoms with E-state index in [9.17, 15) is 5.11 Å². The number of hydrogen-bond acceptors (Lipinski definition) is 2. The van der Waals surface area contributed by atoms with Gasteiger partial charge in [-0.25, -0.2) is 15.3 Å². The molecule has 0 aromatic heterocycles. The van der Waals surface area contributed by atoms with E-state index in [0.29, 0.717) is 23.7 Å². The second-order valence-corrected chi connectivity index (χ2v) is 12.5. The number of rotatable bonds is 6. The summed E-state index contributed by atoms with van der Waals surface area (Å²) in [5, 5.41) is 11.4. The Bertz CT molecular complexity index is 487. The Kier molecular flexibility index (Phi) is 6.36. The fourth-order valence-electron chi connectivity index (χ4n) is 7.39. The average Bonchev–Trinajstić information content (AvgIpc) is 2.84. The molecular weight excluding hydrogens is 347 g/mol.